The van der Waals surface area contributed by atoms with Gasteiger partial charge in [0.05, 0.1) is 7.11 Å². The van der Waals surface area contributed by atoms with Crippen molar-refractivity contribution < 1.29 is 9.13 Å². The Hall–Kier alpha value is -3.74. The maximum atomic E-state index is 14.4. The zero-order valence-electron chi connectivity index (χ0n) is 16.1. The second-order valence-electron chi connectivity index (χ2n) is 6.50. The Morgan fingerprint density at radius 3 is 2.52 bits per heavy atom. The minimum Gasteiger partial charge on any atom is -0.497 e. The summed E-state index contributed by atoms with van der Waals surface area (Å²) in [5, 5.41) is 3.22. The van der Waals surface area contributed by atoms with Crippen LogP contribution in [0.3, 0.4) is 0 Å². The molecule has 0 aliphatic rings. The average molecular weight is 389 g/mol. The van der Waals surface area contributed by atoms with Crippen LogP contribution in [-0.2, 0) is 13.6 Å². The predicted molar refractivity (Wildman–Crippen MR) is 110 cm³/mol. The number of imidazole rings is 1. The van der Waals surface area contributed by atoms with Gasteiger partial charge in [0.1, 0.15) is 17.3 Å². The first-order chi connectivity index (χ1) is 14.2. The third-order valence-electron chi connectivity index (χ3n) is 4.60. The lowest BCUT2D eigenvalue weighted by atomic mass is 10.0. The van der Waals surface area contributed by atoms with E-state index in [0.29, 0.717) is 35.1 Å². The van der Waals surface area contributed by atoms with Gasteiger partial charge >= 0.3 is 0 Å². The first-order valence-corrected chi connectivity index (χ1v) is 9.12. The van der Waals surface area contributed by atoms with E-state index in [1.54, 1.807) is 37.7 Å². The largest absolute Gasteiger partial charge is 0.497 e. The fourth-order valence-corrected chi connectivity index (χ4v) is 3.03. The molecule has 0 spiro atoms. The van der Waals surface area contributed by atoms with Gasteiger partial charge in [-0.05, 0) is 23.8 Å². The van der Waals surface area contributed by atoms with Gasteiger partial charge in [-0.2, -0.15) is 0 Å². The van der Waals surface area contributed by atoms with Gasteiger partial charge in [-0.25, -0.2) is 19.3 Å². The number of ether oxygens (including phenoxy) is 1. The molecule has 146 valence electrons. The van der Waals surface area contributed by atoms with Crippen LogP contribution in [0.25, 0.3) is 22.6 Å². The summed E-state index contributed by atoms with van der Waals surface area (Å²) in [5.74, 6) is 1.55. The number of benzene rings is 2. The minimum atomic E-state index is -0.328. The molecule has 0 saturated heterocycles. The smallest absolute Gasteiger partial charge is 0.223 e. The highest BCUT2D eigenvalue weighted by atomic mass is 19.1. The first-order valence-electron chi connectivity index (χ1n) is 9.12. The molecule has 0 radical (unpaired) electrons. The van der Waals surface area contributed by atoms with Crippen molar-refractivity contribution >= 4 is 5.95 Å². The summed E-state index contributed by atoms with van der Waals surface area (Å²) in [6.45, 7) is 0.545. The quantitative estimate of drug-likeness (QED) is 0.533. The Labute approximate surface area is 168 Å². The van der Waals surface area contributed by atoms with Gasteiger partial charge in [0.15, 0.2) is 5.82 Å². The summed E-state index contributed by atoms with van der Waals surface area (Å²) in [6, 6.07) is 14.3. The van der Waals surface area contributed by atoms with E-state index in [4.69, 9.17) is 4.74 Å². The van der Waals surface area contributed by atoms with Crippen LogP contribution in [0, 0.1) is 5.82 Å². The normalized spacial score (nSPS) is 10.7. The van der Waals surface area contributed by atoms with Crippen molar-refractivity contribution in [2.45, 2.75) is 6.54 Å². The number of halogens is 1. The van der Waals surface area contributed by atoms with Crippen LogP contribution in [0.2, 0.25) is 0 Å². The molecule has 2 aromatic heterocycles. The molecule has 0 atom stereocenters. The lowest BCUT2D eigenvalue weighted by Crippen LogP contribution is -2.06. The number of rotatable bonds is 6. The molecule has 0 aliphatic carbocycles. The standard InChI is InChI=1S/C22H20FN5O/c1-28-12-11-24-21(28)20-18(17-5-3-4-6-19(17)23)14-26-22(27-20)25-13-15-7-9-16(29-2)10-8-15/h3-12,14H,13H2,1-2H3,(H,25,26,27). The maximum Gasteiger partial charge on any atom is 0.223 e. The molecule has 2 heterocycles. The molecule has 0 unspecified atom stereocenters. The Bertz CT molecular complexity index is 1120. The summed E-state index contributed by atoms with van der Waals surface area (Å²) < 4.78 is 21.4. The van der Waals surface area contributed by atoms with E-state index < -0.39 is 0 Å². The lowest BCUT2D eigenvalue weighted by Gasteiger charge is -2.12. The van der Waals surface area contributed by atoms with Crippen LogP contribution in [0.1, 0.15) is 5.56 Å². The Balaban J connectivity index is 1.68. The monoisotopic (exact) mass is 389 g/mol. The average Bonchev–Trinajstić information content (AvgIpc) is 3.18. The van der Waals surface area contributed by atoms with Crippen molar-refractivity contribution in [2.75, 3.05) is 12.4 Å². The molecule has 0 fully saturated rings. The molecule has 1 N–H and O–H groups in total. The topological polar surface area (TPSA) is 64.9 Å². The van der Waals surface area contributed by atoms with Crippen LogP contribution in [-0.4, -0.2) is 26.6 Å². The van der Waals surface area contributed by atoms with E-state index in [2.05, 4.69) is 20.3 Å². The summed E-state index contributed by atoms with van der Waals surface area (Å²) >= 11 is 0. The number of nitrogens with one attached hydrogen (secondary N) is 1. The van der Waals surface area contributed by atoms with Crippen LogP contribution < -0.4 is 10.1 Å². The van der Waals surface area contributed by atoms with Crippen LogP contribution in [0.4, 0.5) is 10.3 Å². The highest BCUT2D eigenvalue weighted by Gasteiger charge is 2.17. The second-order valence-corrected chi connectivity index (χ2v) is 6.50. The van der Waals surface area contributed by atoms with Gasteiger partial charge in [0, 0.05) is 43.3 Å². The van der Waals surface area contributed by atoms with Crippen molar-refractivity contribution in [3.8, 4) is 28.4 Å². The van der Waals surface area contributed by atoms with Crippen molar-refractivity contribution in [3.63, 3.8) is 0 Å². The Morgan fingerprint density at radius 1 is 1.03 bits per heavy atom. The molecule has 4 aromatic rings. The highest BCUT2D eigenvalue weighted by Crippen LogP contribution is 2.31. The molecule has 0 amide bonds. The summed E-state index contributed by atoms with van der Waals surface area (Å²) in [4.78, 5) is 13.4. The minimum absolute atomic E-state index is 0.328. The van der Waals surface area contributed by atoms with Gasteiger partial charge in [-0.1, -0.05) is 30.3 Å². The third-order valence-corrected chi connectivity index (χ3v) is 4.60. The van der Waals surface area contributed by atoms with Crippen LogP contribution in [0.15, 0.2) is 67.1 Å². The van der Waals surface area contributed by atoms with E-state index in [1.165, 1.54) is 6.07 Å². The molecule has 29 heavy (non-hydrogen) atoms. The van der Waals surface area contributed by atoms with Crippen molar-refractivity contribution in [1.29, 1.82) is 0 Å². The van der Waals surface area contributed by atoms with Crippen LogP contribution >= 0.6 is 0 Å². The molecule has 0 aliphatic heterocycles. The van der Waals surface area contributed by atoms with E-state index in [1.807, 2.05) is 42.1 Å². The molecule has 6 nitrogen and oxygen atoms in total. The third kappa shape index (κ3) is 3.94. The summed E-state index contributed by atoms with van der Waals surface area (Å²) in [7, 11) is 3.51. The predicted octanol–water partition coefficient (Wildman–Crippen LogP) is 4.30. The number of nitrogens with zero attached hydrogens (tertiary/aromatic N) is 4. The SMILES string of the molecule is COc1ccc(CNc2ncc(-c3ccccc3F)c(-c3nccn3C)n2)cc1. The lowest BCUT2D eigenvalue weighted by molar-refractivity contribution is 0.414. The number of anilines is 1. The first kappa shape index (κ1) is 18.6. The van der Waals surface area contributed by atoms with Gasteiger partial charge in [0.25, 0.3) is 0 Å². The van der Waals surface area contributed by atoms with E-state index >= 15 is 0 Å². The van der Waals surface area contributed by atoms with Crippen molar-refractivity contribution in [3.05, 3.63) is 78.5 Å². The Kier molecular flexibility index (Phi) is 5.20. The molecule has 2 aromatic carbocycles. The van der Waals surface area contributed by atoms with Gasteiger partial charge in [-0.15, -0.1) is 0 Å². The maximum absolute atomic E-state index is 14.4. The number of aromatic nitrogens is 4. The van der Waals surface area contributed by atoms with E-state index in [-0.39, 0.29) is 5.82 Å². The number of hydrogen-bond acceptors (Lipinski definition) is 5. The number of methoxy groups -OCH3 is 1. The Morgan fingerprint density at radius 2 is 1.83 bits per heavy atom. The summed E-state index contributed by atoms with van der Waals surface area (Å²) in [5.41, 5.74) is 2.65. The van der Waals surface area contributed by atoms with E-state index in [0.717, 1.165) is 11.3 Å². The molecular formula is C22H20FN5O. The van der Waals surface area contributed by atoms with E-state index in [9.17, 15) is 4.39 Å². The van der Waals surface area contributed by atoms with Gasteiger partial charge < -0.3 is 14.6 Å². The molecule has 0 bridgehead atoms. The molecular weight excluding hydrogens is 369 g/mol. The molecule has 0 saturated carbocycles. The zero-order valence-corrected chi connectivity index (χ0v) is 16.1. The number of hydrogen-bond donors (Lipinski definition) is 1. The highest BCUT2D eigenvalue weighted by molar-refractivity contribution is 5.78. The zero-order chi connectivity index (χ0) is 20.2. The van der Waals surface area contributed by atoms with Gasteiger partial charge in [0.2, 0.25) is 5.95 Å². The number of aryl methyl sites for hydroxylation is 1. The fourth-order valence-electron chi connectivity index (χ4n) is 3.03. The fraction of sp³-hybridized carbons (Fsp3) is 0.136. The van der Waals surface area contributed by atoms with Gasteiger partial charge in [-0.3, -0.25) is 0 Å². The molecule has 7 heteroatoms. The molecule has 4 rings (SSSR count). The summed E-state index contributed by atoms with van der Waals surface area (Å²) in [6.07, 6.45) is 5.14. The van der Waals surface area contributed by atoms with Crippen LogP contribution in [0.5, 0.6) is 5.75 Å². The van der Waals surface area contributed by atoms with Crippen molar-refractivity contribution in [2.24, 2.45) is 7.05 Å². The van der Waals surface area contributed by atoms with Crippen molar-refractivity contribution in [1.82, 2.24) is 19.5 Å². The second kappa shape index (κ2) is 8.10.